The number of Topliss-reactive ketones (excluding diaryl/α,β-unsaturated/α-hetero) is 1. The third kappa shape index (κ3) is 7.34. The quantitative estimate of drug-likeness (QED) is 0.156. The van der Waals surface area contributed by atoms with E-state index in [1.54, 1.807) is 36.4 Å². The fraction of sp³-hybridized carbons (Fsp3) is 0.148. The highest BCUT2D eigenvalue weighted by atomic mass is 32.2. The monoisotopic (exact) mass is 516 g/mol. The van der Waals surface area contributed by atoms with Gasteiger partial charge in [0.25, 0.3) is 5.91 Å². The molecule has 182 valence electrons. The molecule has 0 unspecified atom stereocenters. The molecule has 0 aliphatic carbocycles. The molecular weight excluding hydrogens is 492 g/mol. The zero-order chi connectivity index (χ0) is 25.3. The van der Waals surface area contributed by atoms with Crippen molar-refractivity contribution in [3.63, 3.8) is 0 Å². The molecule has 4 aromatic rings. The van der Waals surface area contributed by atoms with Crippen molar-refractivity contribution in [1.29, 1.82) is 0 Å². The standard InChI is InChI=1S/C27H24N4O3S2/c1-18(32)21-12-14-23(15-13-21)28-25(34)22-10-7-20(8-11-22)17-35-27-31-30-26(36-27)29-24(33)16-9-19-5-3-2-4-6-19/h2-8,10-15H,9,16-17H2,1H3,(H,28,34)(H,29,30,33). The molecule has 9 heteroatoms. The largest absolute Gasteiger partial charge is 0.322 e. The summed E-state index contributed by atoms with van der Waals surface area (Å²) in [5.74, 6) is 0.330. The lowest BCUT2D eigenvalue weighted by molar-refractivity contribution is -0.116. The van der Waals surface area contributed by atoms with Crippen molar-refractivity contribution in [1.82, 2.24) is 10.2 Å². The Balaban J connectivity index is 1.23. The van der Waals surface area contributed by atoms with Crippen LogP contribution in [0, 0.1) is 0 Å². The number of carbonyl (C=O) groups excluding carboxylic acids is 3. The van der Waals surface area contributed by atoms with E-state index in [4.69, 9.17) is 0 Å². The summed E-state index contributed by atoms with van der Waals surface area (Å²) < 4.78 is 0.754. The zero-order valence-corrected chi connectivity index (χ0v) is 21.2. The van der Waals surface area contributed by atoms with Crippen LogP contribution < -0.4 is 10.6 Å². The molecule has 0 fully saturated rings. The summed E-state index contributed by atoms with van der Waals surface area (Å²) in [7, 11) is 0. The molecule has 0 aliphatic heterocycles. The van der Waals surface area contributed by atoms with Gasteiger partial charge < -0.3 is 10.6 Å². The van der Waals surface area contributed by atoms with Crippen LogP contribution in [0.25, 0.3) is 0 Å². The molecule has 0 bridgehead atoms. The van der Waals surface area contributed by atoms with E-state index >= 15 is 0 Å². The van der Waals surface area contributed by atoms with Gasteiger partial charge in [0, 0.05) is 29.0 Å². The Morgan fingerprint density at radius 3 is 2.19 bits per heavy atom. The van der Waals surface area contributed by atoms with Gasteiger partial charge in [0.2, 0.25) is 11.0 Å². The Morgan fingerprint density at radius 1 is 0.806 bits per heavy atom. The Labute approximate surface area is 217 Å². The molecule has 1 aromatic heterocycles. The van der Waals surface area contributed by atoms with E-state index in [2.05, 4.69) is 20.8 Å². The Kier molecular flexibility index (Phi) is 8.59. The summed E-state index contributed by atoms with van der Waals surface area (Å²) in [5, 5.41) is 14.3. The highest BCUT2D eigenvalue weighted by Crippen LogP contribution is 2.28. The third-order valence-electron chi connectivity index (χ3n) is 5.26. The van der Waals surface area contributed by atoms with E-state index in [9.17, 15) is 14.4 Å². The van der Waals surface area contributed by atoms with Crippen LogP contribution in [0.4, 0.5) is 10.8 Å². The second-order valence-corrected chi connectivity index (χ2v) is 10.2. The van der Waals surface area contributed by atoms with Crippen molar-refractivity contribution in [2.75, 3.05) is 10.6 Å². The smallest absolute Gasteiger partial charge is 0.255 e. The summed E-state index contributed by atoms with van der Waals surface area (Å²) in [6.07, 6.45) is 1.06. The lowest BCUT2D eigenvalue weighted by Gasteiger charge is -2.07. The number of rotatable bonds is 10. The average Bonchev–Trinajstić information content (AvgIpc) is 3.34. The number of amides is 2. The van der Waals surface area contributed by atoms with Gasteiger partial charge in [0.05, 0.1) is 0 Å². The molecule has 1 heterocycles. The van der Waals surface area contributed by atoms with Gasteiger partial charge in [0.1, 0.15) is 0 Å². The van der Waals surface area contributed by atoms with E-state index in [-0.39, 0.29) is 17.6 Å². The number of aryl methyl sites for hydroxylation is 1. The normalized spacial score (nSPS) is 10.6. The van der Waals surface area contributed by atoms with Gasteiger partial charge in [-0.2, -0.15) is 0 Å². The van der Waals surface area contributed by atoms with Crippen LogP contribution >= 0.6 is 23.1 Å². The molecule has 3 aromatic carbocycles. The summed E-state index contributed by atoms with van der Waals surface area (Å²) in [5.41, 5.74) is 3.92. The van der Waals surface area contributed by atoms with Crippen LogP contribution in [-0.4, -0.2) is 27.8 Å². The van der Waals surface area contributed by atoms with E-state index in [0.717, 1.165) is 15.5 Å². The molecule has 7 nitrogen and oxygen atoms in total. The highest BCUT2D eigenvalue weighted by Gasteiger charge is 2.10. The minimum absolute atomic E-state index is 0.0188. The first kappa shape index (κ1) is 25.3. The Morgan fingerprint density at radius 2 is 1.50 bits per heavy atom. The van der Waals surface area contributed by atoms with Crippen molar-refractivity contribution in [3.8, 4) is 0 Å². The SMILES string of the molecule is CC(=O)c1ccc(NC(=O)c2ccc(CSc3nnc(NC(=O)CCc4ccccc4)s3)cc2)cc1. The van der Waals surface area contributed by atoms with Crippen molar-refractivity contribution in [2.45, 2.75) is 29.9 Å². The number of thioether (sulfide) groups is 1. The first-order chi connectivity index (χ1) is 17.5. The van der Waals surface area contributed by atoms with E-state index in [0.29, 0.717) is 40.5 Å². The van der Waals surface area contributed by atoms with Gasteiger partial charge in [-0.05, 0) is 60.9 Å². The van der Waals surface area contributed by atoms with Gasteiger partial charge in [-0.1, -0.05) is 65.6 Å². The number of hydrogen-bond acceptors (Lipinski definition) is 7. The lowest BCUT2D eigenvalue weighted by Crippen LogP contribution is -2.12. The van der Waals surface area contributed by atoms with E-state index in [1.165, 1.54) is 30.0 Å². The fourth-order valence-electron chi connectivity index (χ4n) is 3.29. The molecule has 0 atom stereocenters. The number of nitrogens with one attached hydrogen (secondary N) is 2. The van der Waals surface area contributed by atoms with Crippen LogP contribution in [0.5, 0.6) is 0 Å². The number of anilines is 2. The fourth-order valence-corrected chi connectivity index (χ4v) is 5.02. The van der Waals surface area contributed by atoms with Gasteiger partial charge in [-0.25, -0.2) is 0 Å². The van der Waals surface area contributed by atoms with Crippen LogP contribution in [0.2, 0.25) is 0 Å². The summed E-state index contributed by atoms with van der Waals surface area (Å²) in [4.78, 5) is 36.1. The summed E-state index contributed by atoms with van der Waals surface area (Å²) in [6.45, 7) is 1.50. The second-order valence-electron chi connectivity index (χ2n) is 7.98. The number of ketones is 1. The highest BCUT2D eigenvalue weighted by molar-refractivity contribution is 8.00. The number of benzene rings is 3. The first-order valence-corrected chi connectivity index (χ1v) is 13.1. The number of carbonyl (C=O) groups is 3. The van der Waals surface area contributed by atoms with E-state index in [1.807, 2.05) is 42.5 Å². The molecule has 2 N–H and O–H groups in total. The molecule has 0 spiro atoms. The van der Waals surface area contributed by atoms with Gasteiger partial charge in [-0.15, -0.1) is 10.2 Å². The minimum Gasteiger partial charge on any atom is -0.322 e. The second kappa shape index (κ2) is 12.2. The number of hydrogen-bond donors (Lipinski definition) is 2. The first-order valence-electron chi connectivity index (χ1n) is 11.3. The summed E-state index contributed by atoms with van der Waals surface area (Å²) >= 11 is 2.86. The Bertz CT molecular complexity index is 1340. The van der Waals surface area contributed by atoms with Crippen LogP contribution in [0.15, 0.2) is 83.2 Å². The molecular formula is C27H24N4O3S2. The van der Waals surface area contributed by atoms with Gasteiger partial charge in [-0.3, -0.25) is 14.4 Å². The molecule has 2 amide bonds. The number of nitrogens with zero attached hydrogens (tertiary/aromatic N) is 2. The molecule has 36 heavy (non-hydrogen) atoms. The maximum absolute atomic E-state index is 12.5. The summed E-state index contributed by atoms with van der Waals surface area (Å²) in [6, 6.07) is 24.0. The third-order valence-corrected chi connectivity index (χ3v) is 7.31. The van der Waals surface area contributed by atoms with Crippen molar-refractivity contribution < 1.29 is 14.4 Å². The minimum atomic E-state index is -0.221. The van der Waals surface area contributed by atoms with Crippen molar-refractivity contribution in [2.24, 2.45) is 0 Å². The molecule has 0 aliphatic rings. The number of aromatic nitrogens is 2. The Hall–Kier alpha value is -3.82. The predicted molar refractivity (Wildman–Crippen MR) is 144 cm³/mol. The lowest BCUT2D eigenvalue weighted by atomic mass is 10.1. The maximum atomic E-state index is 12.5. The van der Waals surface area contributed by atoms with Crippen LogP contribution in [0.3, 0.4) is 0 Å². The predicted octanol–water partition coefficient (Wildman–Crippen LogP) is 5.86. The van der Waals surface area contributed by atoms with Crippen LogP contribution in [-0.2, 0) is 17.0 Å². The van der Waals surface area contributed by atoms with Crippen LogP contribution in [0.1, 0.15) is 45.2 Å². The molecule has 0 saturated carbocycles. The molecule has 0 saturated heterocycles. The van der Waals surface area contributed by atoms with Gasteiger partial charge in [0.15, 0.2) is 10.1 Å². The van der Waals surface area contributed by atoms with Gasteiger partial charge >= 0.3 is 0 Å². The zero-order valence-electron chi connectivity index (χ0n) is 19.6. The average molecular weight is 517 g/mol. The molecule has 4 rings (SSSR count). The molecule has 0 radical (unpaired) electrons. The topological polar surface area (TPSA) is 101 Å². The van der Waals surface area contributed by atoms with Crippen molar-refractivity contribution in [3.05, 3.63) is 101 Å². The van der Waals surface area contributed by atoms with Crippen molar-refractivity contribution >= 4 is 51.5 Å². The maximum Gasteiger partial charge on any atom is 0.255 e. The van der Waals surface area contributed by atoms with E-state index < -0.39 is 0 Å².